The molecule has 1 atom stereocenters. The van der Waals surface area contributed by atoms with Crippen LogP contribution in [0.4, 0.5) is 5.69 Å². The summed E-state index contributed by atoms with van der Waals surface area (Å²) in [5.41, 5.74) is 1.46. The Bertz CT molecular complexity index is 1040. The molecular weight excluding hydrogens is 356 g/mol. The van der Waals surface area contributed by atoms with Crippen molar-refractivity contribution in [2.45, 2.75) is 31.4 Å². The van der Waals surface area contributed by atoms with Crippen molar-refractivity contribution in [2.75, 3.05) is 10.9 Å². The van der Waals surface area contributed by atoms with E-state index in [1.807, 2.05) is 43.5 Å². The molecule has 0 saturated carbocycles. The smallest absolute Gasteiger partial charge is 0.265 e. The largest absolute Gasteiger partial charge is 0.372 e. The molecule has 0 fully saturated rings. The Morgan fingerprint density at radius 2 is 2.00 bits per heavy atom. The van der Waals surface area contributed by atoms with Crippen LogP contribution < -0.4 is 4.31 Å². The van der Waals surface area contributed by atoms with Crippen molar-refractivity contribution in [1.82, 2.24) is 4.98 Å². The van der Waals surface area contributed by atoms with Gasteiger partial charge in [-0.1, -0.05) is 24.3 Å². The zero-order valence-electron chi connectivity index (χ0n) is 14.0. The normalized spacial score (nSPS) is 16.5. The van der Waals surface area contributed by atoms with Gasteiger partial charge in [-0.2, -0.15) is 0 Å². The van der Waals surface area contributed by atoms with Crippen molar-refractivity contribution >= 4 is 37.8 Å². The van der Waals surface area contributed by atoms with Crippen molar-refractivity contribution in [3.8, 4) is 0 Å². The van der Waals surface area contributed by atoms with Crippen LogP contribution in [0.3, 0.4) is 0 Å². The molecule has 7 heteroatoms. The van der Waals surface area contributed by atoms with Gasteiger partial charge in [0.1, 0.15) is 11.1 Å². The molecule has 5 nitrogen and oxygen atoms in total. The lowest BCUT2D eigenvalue weighted by Gasteiger charge is -2.17. The molecule has 1 aromatic heterocycles. The van der Waals surface area contributed by atoms with Gasteiger partial charge in [0.25, 0.3) is 10.0 Å². The van der Waals surface area contributed by atoms with E-state index in [1.54, 1.807) is 12.1 Å². The average Bonchev–Trinajstić information content (AvgIpc) is 3.15. The van der Waals surface area contributed by atoms with Crippen LogP contribution in [0.25, 0.3) is 10.8 Å². The standard InChI is InChI=1S/C18H18N2O3S2/c1-3-23-12(2)18-19-14(11-24-18)10-20-15-8-4-6-13-7-5-9-16(17(13)15)25(20,21)22/h4-9,11-12H,3,10H2,1-2H3. The predicted molar refractivity (Wildman–Crippen MR) is 99.5 cm³/mol. The number of hydrogen-bond donors (Lipinski definition) is 0. The monoisotopic (exact) mass is 374 g/mol. The second kappa shape index (κ2) is 6.09. The van der Waals surface area contributed by atoms with Crippen LogP contribution in [0.2, 0.25) is 0 Å². The number of thiazole rings is 1. The molecule has 0 radical (unpaired) electrons. The summed E-state index contributed by atoms with van der Waals surface area (Å²) in [5, 5.41) is 4.50. The molecule has 0 aliphatic carbocycles. The Morgan fingerprint density at radius 3 is 2.76 bits per heavy atom. The van der Waals surface area contributed by atoms with Gasteiger partial charge in [0.15, 0.2) is 0 Å². The van der Waals surface area contributed by atoms with Crippen molar-refractivity contribution < 1.29 is 13.2 Å². The minimum absolute atomic E-state index is 0.0837. The molecule has 1 aliphatic heterocycles. The fourth-order valence-electron chi connectivity index (χ4n) is 3.18. The molecule has 0 bridgehead atoms. The van der Waals surface area contributed by atoms with Gasteiger partial charge < -0.3 is 4.74 Å². The molecule has 1 aliphatic rings. The van der Waals surface area contributed by atoms with Gasteiger partial charge in [0.05, 0.1) is 22.8 Å². The highest BCUT2D eigenvalue weighted by molar-refractivity contribution is 7.93. The van der Waals surface area contributed by atoms with Crippen LogP contribution in [0.1, 0.15) is 30.7 Å². The fourth-order valence-corrected chi connectivity index (χ4v) is 5.67. The summed E-state index contributed by atoms with van der Waals surface area (Å²) in [7, 11) is -3.55. The SMILES string of the molecule is CCOC(C)c1nc(CN2c3cccc4cccc(c34)S2(=O)=O)cs1. The number of aromatic nitrogens is 1. The third-order valence-electron chi connectivity index (χ3n) is 4.32. The van der Waals surface area contributed by atoms with Crippen molar-refractivity contribution in [3.05, 3.63) is 52.5 Å². The summed E-state index contributed by atoms with van der Waals surface area (Å²) in [6.07, 6.45) is -0.0837. The first-order chi connectivity index (χ1) is 12.0. The second-order valence-corrected chi connectivity index (χ2v) is 8.64. The molecule has 2 heterocycles. The van der Waals surface area contributed by atoms with E-state index in [1.165, 1.54) is 15.6 Å². The highest BCUT2D eigenvalue weighted by atomic mass is 32.2. The van der Waals surface area contributed by atoms with Crippen LogP contribution in [0, 0.1) is 0 Å². The molecule has 0 amide bonds. The lowest BCUT2D eigenvalue weighted by Crippen LogP contribution is -2.26. The molecule has 3 aromatic rings. The summed E-state index contributed by atoms with van der Waals surface area (Å²) in [6.45, 7) is 4.74. The molecule has 0 spiro atoms. The molecular formula is C18H18N2O3S2. The Labute approximate surface area is 150 Å². The molecule has 0 saturated heterocycles. The summed E-state index contributed by atoms with van der Waals surface area (Å²) in [6, 6.07) is 11.1. The van der Waals surface area contributed by atoms with Gasteiger partial charge in [0.2, 0.25) is 0 Å². The zero-order chi connectivity index (χ0) is 17.6. The lowest BCUT2D eigenvalue weighted by atomic mass is 10.1. The molecule has 1 unspecified atom stereocenters. The maximum atomic E-state index is 13.0. The minimum Gasteiger partial charge on any atom is -0.372 e. The number of anilines is 1. The highest BCUT2D eigenvalue weighted by Crippen LogP contribution is 2.42. The van der Waals surface area contributed by atoms with E-state index in [2.05, 4.69) is 4.98 Å². The van der Waals surface area contributed by atoms with Gasteiger partial charge in [-0.25, -0.2) is 13.4 Å². The number of benzene rings is 2. The third-order valence-corrected chi connectivity index (χ3v) is 7.18. The highest BCUT2D eigenvalue weighted by Gasteiger charge is 2.35. The van der Waals surface area contributed by atoms with Gasteiger partial charge in [-0.15, -0.1) is 11.3 Å². The van der Waals surface area contributed by atoms with Crippen LogP contribution in [0.5, 0.6) is 0 Å². The van der Waals surface area contributed by atoms with E-state index < -0.39 is 10.0 Å². The molecule has 0 N–H and O–H groups in total. The van der Waals surface area contributed by atoms with Crippen molar-refractivity contribution in [2.24, 2.45) is 0 Å². The van der Waals surface area contributed by atoms with Gasteiger partial charge in [0, 0.05) is 17.4 Å². The van der Waals surface area contributed by atoms with Crippen LogP contribution in [-0.4, -0.2) is 20.0 Å². The number of hydrogen-bond acceptors (Lipinski definition) is 5. The summed E-state index contributed by atoms with van der Waals surface area (Å²) in [5.74, 6) is 0. The van der Waals surface area contributed by atoms with Crippen LogP contribution >= 0.6 is 11.3 Å². The minimum atomic E-state index is -3.55. The van der Waals surface area contributed by atoms with Crippen molar-refractivity contribution in [1.29, 1.82) is 0 Å². The third kappa shape index (κ3) is 2.63. The molecule has 4 rings (SSSR count). The first kappa shape index (κ1) is 16.5. The maximum Gasteiger partial charge on any atom is 0.265 e. The topological polar surface area (TPSA) is 59.5 Å². The number of rotatable bonds is 5. The average molecular weight is 374 g/mol. The molecule has 25 heavy (non-hydrogen) atoms. The quantitative estimate of drug-likeness (QED) is 0.674. The molecule has 130 valence electrons. The summed E-state index contributed by atoms with van der Waals surface area (Å²) < 4.78 is 33.0. The summed E-state index contributed by atoms with van der Waals surface area (Å²) in [4.78, 5) is 4.95. The van der Waals surface area contributed by atoms with E-state index in [4.69, 9.17) is 4.74 Å². The van der Waals surface area contributed by atoms with E-state index in [-0.39, 0.29) is 12.6 Å². The zero-order valence-corrected chi connectivity index (χ0v) is 15.6. The predicted octanol–water partition coefficient (Wildman–Crippen LogP) is 4.10. The van der Waals surface area contributed by atoms with Crippen molar-refractivity contribution in [3.63, 3.8) is 0 Å². The number of sulfonamides is 1. The van der Waals surface area contributed by atoms with E-state index in [9.17, 15) is 8.42 Å². The maximum absolute atomic E-state index is 13.0. The molecule has 2 aromatic carbocycles. The second-order valence-electron chi connectivity index (χ2n) is 5.92. The lowest BCUT2D eigenvalue weighted by molar-refractivity contribution is 0.0761. The summed E-state index contributed by atoms with van der Waals surface area (Å²) >= 11 is 1.50. The fraction of sp³-hybridized carbons (Fsp3) is 0.278. The van der Waals surface area contributed by atoms with Gasteiger partial charge in [-0.3, -0.25) is 4.31 Å². The van der Waals surface area contributed by atoms with Gasteiger partial charge >= 0.3 is 0 Å². The van der Waals surface area contributed by atoms with Gasteiger partial charge in [-0.05, 0) is 31.4 Å². The Morgan fingerprint density at radius 1 is 1.24 bits per heavy atom. The van der Waals surface area contributed by atoms with Crippen LogP contribution in [0.15, 0.2) is 46.7 Å². The van der Waals surface area contributed by atoms with E-state index in [0.717, 1.165) is 27.2 Å². The number of ether oxygens (including phenoxy) is 1. The first-order valence-corrected chi connectivity index (χ1v) is 10.4. The number of nitrogens with zero attached hydrogens (tertiary/aromatic N) is 2. The van der Waals surface area contributed by atoms with E-state index in [0.29, 0.717) is 11.5 Å². The first-order valence-electron chi connectivity index (χ1n) is 8.12. The Hall–Kier alpha value is -1.96. The van der Waals surface area contributed by atoms with E-state index >= 15 is 0 Å². The Kier molecular flexibility index (Phi) is 4.02. The van der Waals surface area contributed by atoms with Crippen LogP contribution in [-0.2, 0) is 21.3 Å². The Balaban J connectivity index is 1.72.